The molecule has 1 unspecified atom stereocenters. The van der Waals surface area contributed by atoms with Crippen molar-refractivity contribution in [3.63, 3.8) is 0 Å². The molecule has 122 valence electrons. The van der Waals surface area contributed by atoms with Crippen molar-refractivity contribution in [2.24, 2.45) is 0 Å². The molecule has 5 heteroatoms. The number of carbonyl (C=O) groups is 1. The Bertz CT molecular complexity index is 736. The largest absolute Gasteiger partial charge is 0.497 e. The molecule has 1 aliphatic rings. The molecular formula is C18H23N3O2. The summed E-state index contributed by atoms with van der Waals surface area (Å²) in [5, 5.41) is 4.46. The van der Waals surface area contributed by atoms with Crippen LogP contribution in [0.2, 0.25) is 0 Å². The fourth-order valence-electron chi connectivity index (χ4n) is 3.30. The zero-order valence-corrected chi connectivity index (χ0v) is 14.2. The minimum atomic E-state index is -0.309. The maximum Gasteiger partial charge on any atom is 0.251 e. The van der Waals surface area contributed by atoms with E-state index in [9.17, 15) is 4.79 Å². The number of methoxy groups -OCH3 is 1. The van der Waals surface area contributed by atoms with Crippen molar-refractivity contribution in [3.05, 3.63) is 41.2 Å². The molecule has 23 heavy (non-hydrogen) atoms. The highest BCUT2D eigenvalue weighted by Crippen LogP contribution is 2.32. The van der Waals surface area contributed by atoms with E-state index in [-0.39, 0.29) is 11.9 Å². The van der Waals surface area contributed by atoms with Crippen LogP contribution in [0.25, 0.3) is 0 Å². The van der Waals surface area contributed by atoms with Crippen LogP contribution in [0.15, 0.2) is 24.3 Å². The van der Waals surface area contributed by atoms with E-state index in [1.807, 2.05) is 54.6 Å². The number of anilines is 1. The summed E-state index contributed by atoms with van der Waals surface area (Å²) in [6, 6.07) is 7.62. The fourth-order valence-corrected chi connectivity index (χ4v) is 3.30. The Morgan fingerprint density at radius 3 is 2.74 bits per heavy atom. The first-order valence-electron chi connectivity index (χ1n) is 8.02. The molecular weight excluding hydrogens is 290 g/mol. The molecule has 1 atom stereocenters. The summed E-state index contributed by atoms with van der Waals surface area (Å²) in [5.41, 5.74) is 4.11. The van der Waals surface area contributed by atoms with Gasteiger partial charge in [-0.25, -0.2) is 0 Å². The van der Waals surface area contributed by atoms with Gasteiger partial charge >= 0.3 is 0 Å². The lowest BCUT2D eigenvalue weighted by Crippen LogP contribution is -2.40. The number of benzene rings is 1. The molecule has 0 bridgehead atoms. The van der Waals surface area contributed by atoms with E-state index in [1.165, 1.54) is 5.56 Å². The lowest BCUT2D eigenvalue weighted by Gasteiger charge is -2.32. The van der Waals surface area contributed by atoms with Crippen molar-refractivity contribution in [2.75, 3.05) is 18.6 Å². The zero-order chi connectivity index (χ0) is 16.6. The average molecular weight is 313 g/mol. The monoisotopic (exact) mass is 313 g/mol. The van der Waals surface area contributed by atoms with Gasteiger partial charge in [-0.05, 0) is 63.4 Å². The molecule has 0 saturated carbocycles. The number of fused-ring (bicyclic) bond motifs is 1. The predicted molar refractivity (Wildman–Crippen MR) is 90.1 cm³/mol. The van der Waals surface area contributed by atoms with E-state index in [4.69, 9.17) is 4.74 Å². The second-order valence-corrected chi connectivity index (χ2v) is 6.14. The highest BCUT2D eigenvalue weighted by Gasteiger charge is 2.28. The van der Waals surface area contributed by atoms with E-state index in [0.29, 0.717) is 0 Å². The molecule has 1 aromatic heterocycles. The maximum atomic E-state index is 13.0. The Hall–Kier alpha value is -2.30. The van der Waals surface area contributed by atoms with Gasteiger partial charge in [-0.1, -0.05) is 0 Å². The van der Waals surface area contributed by atoms with Gasteiger partial charge in [0.2, 0.25) is 0 Å². The second-order valence-electron chi connectivity index (χ2n) is 6.14. The summed E-state index contributed by atoms with van der Waals surface area (Å²) in [5.74, 6) is 0.923. The van der Waals surface area contributed by atoms with Crippen LogP contribution in [0.3, 0.4) is 0 Å². The Kier molecular flexibility index (Phi) is 4.11. The minimum absolute atomic E-state index is 0.0855. The predicted octanol–water partition coefficient (Wildman–Crippen LogP) is 3.05. The number of aromatic nitrogens is 2. The van der Waals surface area contributed by atoms with Gasteiger partial charge in [-0.3, -0.25) is 9.48 Å². The Morgan fingerprint density at radius 2 is 2.09 bits per heavy atom. The summed E-state index contributed by atoms with van der Waals surface area (Å²) in [6.45, 7) is 6.60. The second kappa shape index (κ2) is 6.07. The lowest BCUT2D eigenvalue weighted by molar-refractivity contribution is -0.121. The molecule has 0 spiro atoms. The molecule has 1 amide bonds. The van der Waals surface area contributed by atoms with Crippen LogP contribution < -0.4 is 9.64 Å². The van der Waals surface area contributed by atoms with Gasteiger partial charge in [0.05, 0.1) is 12.8 Å². The van der Waals surface area contributed by atoms with Crippen molar-refractivity contribution in [2.45, 2.75) is 39.7 Å². The topological polar surface area (TPSA) is 47.4 Å². The molecule has 2 heterocycles. The molecule has 5 nitrogen and oxygen atoms in total. The minimum Gasteiger partial charge on any atom is -0.497 e. The number of rotatable bonds is 3. The molecule has 0 radical (unpaired) electrons. The first kappa shape index (κ1) is 15.6. The quantitative estimate of drug-likeness (QED) is 0.875. The molecule has 1 aromatic carbocycles. The van der Waals surface area contributed by atoms with Crippen molar-refractivity contribution >= 4 is 11.6 Å². The van der Waals surface area contributed by atoms with Crippen LogP contribution in [0.5, 0.6) is 5.75 Å². The molecule has 0 saturated heterocycles. The van der Waals surface area contributed by atoms with Crippen molar-refractivity contribution < 1.29 is 9.53 Å². The van der Waals surface area contributed by atoms with Crippen molar-refractivity contribution in [3.8, 4) is 5.75 Å². The summed E-state index contributed by atoms with van der Waals surface area (Å²) < 4.78 is 7.11. The summed E-state index contributed by atoms with van der Waals surface area (Å²) in [7, 11) is 1.67. The normalized spacial score (nSPS) is 15.2. The third kappa shape index (κ3) is 2.83. The number of nitrogens with zero attached hydrogens (tertiary/aromatic N) is 3. The third-order valence-corrected chi connectivity index (χ3v) is 4.44. The average Bonchev–Trinajstić information content (AvgIpc) is 2.90. The molecule has 0 aliphatic carbocycles. The van der Waals surface area contributed by atoms with Gasteiger partial charge in [0.25, 0.3) is 5.91 Å². The molecule has 1 aliphatic heterocycles. The Balaban J connectivity index is 1.91. The van der Waals surface area contributed by atoms with Crippen molar-refractivity contribution in [1.29, 1.82) is 0 Å². The maximum absolute atomic E-state index is 13.0. The van der Waals surface area contributed by atoms with Crippen LogP contribution in [0.1, 0.15) is 36.3 Å². The van der Waals surface area contributed by atoms with Crippen molar-refractivity contribution in [1.82, 2.24) is 9.78 Å². The fraction of sp³-hybridized carbons (Fsp3) is 0.444. The van der Waals surface area contributed by atoms with E-state index in [2.05, 4.69) is 5.10 Å². The van der Waals surface area contributed by atoms with Crippen LogP contribution in [-0.2, 0) is 11.2 Å². The van der Waals surface area contributed by atoms with Gasteiger partial charge < -0.3 is 9.64 Å². The third-order valence-electron chi connectivity index (χ3n) is 4.44. The first-order chi connectivity index (χ1) is 11.0. The Morgan fingerprint density at radius 1 is 1.30 bits per heavy atom. The van der Waals surface area contributed by atoms with E-state index in [0.717, 1.165) is 42.2 Å². The van der Waals surface area contributed by atoms with Crippen LogP contribution in [-0.4, -0.2) is 29.3 Å². The smallest absolute Gasteiger partial charge is 0.251 e. The van der Waals surface area contributed by atoms with Gasteiger partial charge in [0.15, 0.2) is 0 Å². The molecule has 3 rings (SSSR count). The van der Waals surface area contributed by atoms with E-state index >= 15 is 0 Å². The van der Waals surface area contributed by atoms with Gasteiger partial charge in [0, 0.05) is 17.9 Å². The molecule has 2 aromatic rings. The highest BCUT2D eigenvalue weighted by atomic mass is 16.5. The van der Waals surface area contributed by atoms with E-state index in [1.54, 1.807) is 7.11 Å². The standard InChI is InChI=1S/C18H23N3O2/c1-12-10-13(2)21(19-12)14(3)18(22)20-9-5-6-15-11-16(23-4)7-8-17(15)20/h7-8,10-11,14H,5-6,9H2,1-4H3. The summed E-state index contributed by atoms with van der Waals surface area (Å²) in [6.07, 6.45) is 1.94. The number of aryl methyl sites for hydroxylation is 3. The number of hydrogen-bond acceptors (Lipinski definition) is 3. The zero-order valence-electron chi connectivity index (χ0n) is 14.2. The number of carbonyl (C=O) groups excluding carboxylic acids is 1. The SMILES string of the molecule is COc1ccc2c(c1)CCCN2C(=O)C(C)n1nc(C)cc1C. The van der Waals surface area contributed by atoms with Gasteiger partial charge in [0.1, 0.15) is 11.8 Å². The number of hydrogen-bond donors (Lipinski definition) is 0. The van der Waals surface area contributed by atoms with Crippen LogP contribution in [0.4, 0.5) is 5.69 Å². The van der Waals surface area contributed by atoms with E-state index < -0.39 is 0 Å². The van der Waals surface area contributed by atoms with Crippen LogP contribution in [0, 0.1) is 13.8 Å². The lowest BCUT2D eigenvalue weighted by atomic mass is 10.0. The molecule has 0 N–H and O–H groups in total. The van der Waals surface area contributed by atoms with Gasteiger partial charge in [-0.2, -0.15) is 5.10 Å². The number of ether oxygens (including phenoxy) is 1. The Labute approximate surface area is 136 Å². The van der Waals surface area contributed by atoms with Crippen LogP contribution >= 0.6 is 0 Å². The summed E-state index contributed by atoms with van der Waals surface area (Å²) in [4.78, 5) is 14.9. The first-order valence-corrected chi connectivity index (χ1v) is 8.02. The number of amides is 1. The summed E-state index contributed by atoms with van der Waals surface area (Å²) >= 11 is 0. The highest BCUT2D eigenvalue weighted by molar-refractivity contribution is 5.97. The molecule has 0 fully saturated rings. The van der Waals surface area contributed by atoms with Gasteiger partial charge in [-0.15, -0.1) is 0 Å².